The first-order valence-corrected chi connectivity index (χ1v) is 7.53. The lowest BCUT2D eigenvalue weighted by Gasteiger charge is -2.30. The number of carbonyl (C=O) groups is 1. The topological polar surface area (TPSA) is 42.4 Å². The number of thiazole rings is 1. The minimum Gasteiger partial charge on any atom is -0.487 e. The summed E-state index contributed by atoms with van der Waals surface area (Å²) in [6, 6.07) is 7.36. The number of aryl methyl sites for hydroxylation is 1. The van der Waals surface area contributed by atoms with E-state index in [0.717, 1.165) is 30.2 Å². The quantitative estimate of drug-likeness (QED) is 0.868. The summed E-state index contributed by atoms with van der Waals surface area (Å²) in [7, 11) is 0. The molecule has 0 atom stereocenters. The van der Waals surface area contributed by atoms with Gasteiger partial charge in [0.15, 0.2) is 0 Å². The SMILES string of the molecule is Cc1nc(COc2cccc(C(=O)N3CCC3)c2)cs1. The van der Waals surface area contributed by atoms with Crippen LogP contribution in [0.3, 0.4) is 0 Å². The number of amides is 1. The van der Waals surface area contributed by atoms with E-state index in [1.807, 2.05) is 35.4 Å². The highest BCUT2D eigenvalue weighted by Crippen LogP contribution is 2.19. The summed E-state index contributed by atoms with van der Waals surface area (Å²) in [5.74, 6) is 0.799. The number of benzene rings is 1. The molecule has 1 fully saturated rings. The van der Waals surface area contributed by atoms with Gasteiger partial charge in [0.1, 0.15) is 12.4 Å². The largest absolute Gasteiger partial charge is 0.487 e. The van der Waals surface area contributed by atoms with E-state index in [1.165, 1.54) is 0 Å². The minimum absolute atomic E-state index is 0.0891. The Bertz CT molecular complexity index is 620. The van der Waals surface area contributed by atoms with Crippen molar-refractivity contribution in [2.45, 2.75) is 20.0 Å². The number of hydrogen-bond acceptors (Lipinski definition) is 4. The maximum atomic E-state index is 12.1. The fraction of sp³-hybridized carbons (Fsp3) is 0.333. The second kappa shape index (κ2) is 5.63. The number of ether oxygens (including phenoxy) is 1. The smallest absolute Gasteiger partial charge is 0.253 e. The Morgan fingerprint density at radius 2 is 2.30 bits per heavy atom. The molecule has 20 heavy (non-hydrogen) atoms. The molecular weight excluding hydrogens is 272 g/mol. The molecule has 1 aromatic carbocycles. The van der Waals surface area contributed by atoms with Gasteiger partial charge in [-0.3, -0.25) is 4.79 Å². The molecule has 104 valence electrons. The third-order valence-corrected chi connectivity index (χ3v) is 4.10. The van der Waals surface area contributed by atoms with Crippen LogP contribution < -0.4 is 4.74 Å². The van der Waals surface area contributed by atoms with Crippen molar-refractivity contribution >= 4 is 17.2 Å². The minimum atomic E-state index is 0.0891. The highest BCUT2D eigenvalue weighted by molar-refractivity contribution is 7.09. The van der Waals surface area contributed by atoms with Gasteiger partial charge in [0.2, 0.25) is 0 Å². The van der Waals surface area contributed by atoms with Crippen LogP contribution in [-0.2, 0) is 6.61 Å². The summed E-state index contributed by atoms with van der Waals surface area (Å²) < 4.78 is 5.70. The third kappa shape index (κ3) is 2.82. The molecule has 5 heteroatoms. The van der Waals surface area contributed by atoms with Crippen molar-refractivity contribution in [1.29, 1.82) is 0 Å². The number of aromatic nitrogens is 1. The molecule has 0 spiro atoms. The average Bonchev–Trinajstić information content (AvgIpc) is 2.80. The average molecular weight is 288 g/mol. The molecular formula is C15H16N2O2S. The van der Waals surface area contributed by atoms with Crippen molar-refractivity contribution in [1.82, 2.24) is 9.88 Å². The van der Waals surface area contributed by atoms with Crippen LogP contribution in [0.2, 0.25) is 0 Å². The summed E-state index contributed by atoms with van der Waals surface area (Å²) in [5, 5.41) is 3.02. The Morgan fingerprint density at radius 3 is 2.95 bits per heavy atom. The number of rotatable bonds is 4. The molecule has 0 radical (unpaired) electrons. The van der Waals surface area contributed by atoms with Crippen LogP contribution in [0.5, 0.6) is 5.75 Å². The fourth-order valence-electron chi connectivity index (χ4n) is 2.05. The van der Waals surface area contributed by atoms with Gasteiger partial charge in [0.25, 0.3) is 5.91 Å². The maximum absolute atomic E-state index is 12.1. The molecule has 1 aromatic heterocycles. The summed E-state index contributed by atoms with van der Waals surface area (Å²) >= 11 is 1.61. The van der Waals surface area contributed by atoms with Crippen LogP contribution in [0.1, 0.15) is 27.5 Å². The number of hydrogen-bond donors (Lipinski definition) is 0. The second-order valence-electron chi connectivity index (χ2n) is 4.82. The van der Waals surface area contributed by atoms with E-state index in [4.69, 9.17) is 4.74 Å². The Morgan fingerprint density at radius 1 is 1.45 bits per heavy atom. The third-order valence-electron chi connectivity index (χ3n) is 3.28. The molecule has 0 bridgehead atoms. The van der Waals surface area contributed by atoms with Crippen LogP contribution in [0.4, 0.5) is 0 Å². The highest BCUT2D eigenvalue weighted by Gasteiger charge is 2.21. The molecule has 0 saturated carbocycles. The molecule has 3 rings (SSSR count). The number of likely N-dealkylation sites (tertiary alicyclic amines) is 1. The van der Waals surface area contributed by atoms with E-state index < -0.39 is 0 Å². The van der Waals surface area contributed by atoms with Crippen molar-refractivity contribution in [3.8, 4) is 5.75 Å². The van der Waals surface area contributed by atoms with Crippen LogP contribution in [0, 0.1) is 6.92 Å². The van der Waals surface area contributed by atoms with Gasteiger partial charge in [-0.25, -0.2) is 4.98 Å². The predicted molar refractivity (Wildman–Crippen MR) is 78.1 cm³/mol. The Labute approximate surface area is 122 Å². The zero-order valence-corrected chi connectivity index (χ0v) is 12.2. The van der Waals surface area contributed by atoms with Crippen LogP contribution in [0.25, 0.3) is 0 Å². The van der Waals surface area contributed by atoms with Crippen molar-refractivity contribution in [3.63, 3.8) is 0 Å². The molecule has 1 amide bonds. The molecule has 2 heterocycles. The lowest BCUT2D eigenvalue weighted by atomic mass is 10.1. The second-order valence-corrected chi connectivity index (χ2v) is 5.88. The van der Waals surface area contributed by atoms with Gasteiger partial charge in [-0.15, -0.1) is 11.3 Å². The predicted octanol–water partition coefficient (Wildman–Crippen LogP) is 2.88. The first kappa shape index (κ1) is 13.1. The van der Waals surface area contributed by atoms with Gasteiger partial charge in [0.05, 0.1) is 10.7 Å². The van der Waals surface area contributed by atoms with Crippen LogP contribution >= 0.6 is 11.3 Å². The van der Waals surface area contributed by atoms with E-state index in [1.54, 1.807) is 17.4 Å². The van der Waals surface area contributed by atoms with Gasteiger partial charge >= 0.3 is 0 Å². The lowest BCUT2D eigenvalue weighted by Crippen LogP contribution is -2.41. The lowest BCUT2D eigenvalue weighted by molar-refractivity contribution is 0.0651. The van der Waals surface area contributed by atoms with Gasteiger partial charge < -0.3 is 9.64 Å². The van der Waals surface area contributed by atoms with Gasteiger partial charge in [-0.05, 0) is 31.5 Å². The Balaban J connectivity index is 1.66. The monoisotopic (exact) mass is 288 g/mol. The zero-order valence-electron chi connectivity index (χ0n) is 11.3. The van der Waals surface area contributed by atoms with Crippen molar-refractivity contribution in [2.24, 2.45) is 0 Å². The Hall–Kier alpha value is -1.88. The molecule has 1 aliphatic heterocycles. The van der Waals surface area contributed by atoms with Gasteiger partial charge in [0, 0.05) is 24.0 Å². The molecule has 0 aliphatic carbocycles. The molecule has 1 saturated heterocycles. The van der Waals surface area contributed by atoms with E-state index in [0.29, 0.717) is 17.9 Å². The Kier molecular flexibility index (Phi) is 3.69. The highest BCUT2D eigenvalue weighted by atomic mass is 32.1. The van der Waals surface area contributed by atoms with E-state index >= 15 is 0 Å². The standard InChI is InChI=1S/C15H16N2O2S/c1-11-16-13(10-20-11)9-19-14-5-2-4-12(8-14)15(18)17-6-3-7-17/h2,4-5,8,10H,3,6-7,9H2,1H3. The summed E-state index contributed by atoms with van der Waals surface area (Å²) in [6.45, 7) is 4.14. The summed E-state index contributed by atoms with van der Waals surface area (Å²) in [5.41, 5.74) is 1.61. The molecule has 4 nitrogen and oxygen atoms in total. The summed E-state index contributed by atoms with van der Waals surface area (Å²) in [6.07, 6.45) is 1.10. The number of carbonyl (C=O) groups excluding carboxylic acids is 1. The maximum Gasteiger partial charge on any atom is 0.253 e. The van der Waals surface area contributed by atoms with E-state index in [2.05, 4.69) is 4.98 Å². The number of nitrogens with zero attached hydrogens (tertiary/aromatic N) is 2. The first-order chi connectivity index (χ1) is 9.72. The van der Waals surface area contributed by atoms with E-state index in [9.17, 15) is 4.79 Å². The van der Waals surface area contributed by atoms with Crippen LogP contribution in [0.15, 0.2) is 29.6 Å². The molecule has 2 aromatic rings. The van der Waals surface area contributed by atoms with Gasteiger partial charge in [-0.1, -0.05) is 6.07 Å². The molecule has 0 N–H and O–H groups in total. The van der Waals surface area contributed by atoms with Gasteiger partial charge in [-0.2, -0.15) is 0 Å². The van der Waals surface area contributed by atoms with Crippen LogP contribution in [-0.4, -0.2) is 28.9 Å². The van der Waals surface area contributed by atoms with Crippen molar-refractivity contribution in [2.75, 3.05) is 13.1 Å². The fourth-order valence-corrected chi connectivity index (χ4v) is 2.65. The van der Waals surface area contributed by atoms with E-state index in [-0.39, 0.29) is 5.91 Å². The normalized spacial score (nSPS) is 13.9. The molecule has 1 aliphatic rings. The first-order valence-electron chi connectivity index (χ1n) is 6.65. The zero-order chi connectivity index (χ0) is 13.9. The molecule has 0 unspecified atom stereocenters. The summed E-state index contributed by atoms with van der Waals surface area (Å²) in [4.78, 5) is 18.3. The van der Waals surface area contributed by atoms with Crippen molar-refractivity contribution < 1.29 is 9.53 Å². The van der Waals surface area contributed by atoms with Crippen molar-refractivity contribution in [3.05, 3.63) is 45.9 Å².